The summed E-state index contributed by atoms with van der Waals surface area (Å²) in [5.74, 6) is 1.39. The first-order chi connectivity index (χ1) is 7.15. The van der Waals surface area contributed by atoms with Gasteiger partial charge in [0.1, 0.15) is 11.7 Å². The lowest BCUT2D eigenvalue weighted by atomic mass is 10.1. The van der Waals surface area contributed by atoms with Crippen molar-refractivity contribution in [1.82, 2.24) is 4.90 Å². The highest BCUT2D eigenvalue weighted by atomic mass is 16.5. The minimum absolute atomic E-state index is 0.479. The topological polar surface area (TPSA) is 37.2 Å². The summed E-state index contributed by atoms with van der Waals surface area (Å²) in [6, 6.07) is 0.479. The molecule has 84 valence electrons. The monoisotopic (exact) mass is 209 g/mol. The van der Waals surface area contributed by atoms with Gasteiger partial charge in [-0.05, 0) is 26.5 Å². The van der Waals surface area contributed by atoms with Crippen molar-refractivity contribution in [3.05, 3.63) is 12.4 Å². The zero-order valence-corrected chi connectivity index (χ0v) is 9.57. The molecule has 1 saturated heterocycles. The third kappa shape index (κ3) is 3.47. The zero-order valence-electron chi connectivity index (χ0n) is 9.57. The standard InChI is InChI=1S/C11H19N3O/c1-9(12-3)13-10(2)14(4)11-5-7-15-8-6-11/h11H,2-3,5-8H2,1,4H3. The molecular weight excluding hydrogens is 190 g/mol. The van der Waals surface area contributed by atoms with Crippen molar-refractivity contribution in [2.45, 2.75) is 25.8 Å². The van der Waals surface area contributed by atoms with E-state index in [0.29, 0.717) is 11.9 Å². The number of nitrogens with zero attached hydrogens (tertiary/aromatic N) is 3. The van der Waals surface area contributed by atoms with Crippen molar-refractivity contribution in [3.63, 3.8) is 0 Å². The molecular formula is C11H19N3O. The molecule has 4 nitrogen and oxygen atoms in total. The van der Waals surface area contributed by atoms with Gasteiger partial charge < -0.3 is 9.64 Å². The van der Waals surface area contributed by atoms with Gasteiger partial charge in [-0.25, -0.2) is 9.98 Å². The van der Waals surface area contributed by atoms with E-state index < -0.39 is 0 Å². The van der Waals surface area contributed by atoms with Gasteiger partial charge in [0.05, 0.1) is 0 Å². The van der Waals surface area contributed by atoms with Crippen LogP contribution in [0.2, 0.25) is 0 Å². The van der Waals surface area contributed by atoms with Crippen molar-refractivity contribution in [1.29, 1.82) is 0 Å². The van der Waals surface area contributed by atoms with Crippen LogP contribution < -0.4 is 0 Å². The average molecular weight is 209 g/mol. The Kier molecular flexibility index (Phi) is 4.49. The van der Waals surface area contributed by atoms with Crippen molar-refractivity contribution in [2.75, 3.05) is 20.3 Å². The first-order valence-electron chi connectivity index (χ1n) is 5.16. The molecule has 0 bridgehead atoms. The third-order valence-electron chi connectivity index (χ3n) is 2.67. The van der Waals surface area contributed by atoms with Gasteiger partial charge in [0, 0.05) is 26.3 Å². The molecule has 0 aliphatic carbocycles. The maximum absolute atomic E-state index is 5.31. The van der Waals surface area contributed by atoms with E-state index in [1.807, 2.05) is 14.0 Å². The smallest absolute Gasteiger partial charge is 0.126 e. The fourth-order valence-electron chi connectivity index (χ4n) is 1.58. The van der Waals surface area contributed by atoms with Gasteiger partial charge in [0.2, 0.25) is 0 Å². The minimum atomic E-state index is 0.479. The Hall–Kier alpha value is -1.16. The Balaban J connectivity index is 2.54. The van der Waals surface area contributed by atoms with Crippen molar-refractivity contribution in [2.24, 2.45) is 9.98 Å². The summed E-state index contributed by atoms with van der Waals surface area (Å²) in [7, 11) is 2.01. The van der Waals surface area contributed by atoms with Crippen LogP contribution in [-0.2, 0) is 4.74 Å². The lowest BCUT2D eigenvalue weighted by Crippen LogP contribution is -2.35. The van der Waals surface area contributed by atoms with Crippen molar-refractivity contribution in [3.8, 4) is 0 Å². The van der Waals surface area contributed by atoms with Crippen LogP contribution in [0.1, 0.15) is 19.8 Å². The fourth-order valence-corrected chi connectivity index (χ4v) is 1.58. The molecule has 1 rings (SSSR count). The second-order valence-electron chi connectivity index (χ2n) is 3.69. The van der Waals surface area contributed by atoms with Gasteiger partial charge >= 0.3 is 0 Å². The van der Waals surface area contributed by atoms with Crippen molar-refractivity contribution >= 4 is 12.6 Å². The second kappa shape index (κ2) is 5.66. The van der Waals surface area contributed by atoms with E-state index >= 15 is 0 Å². The summed E-state index contributed by atoms with van der Waals surface area (Å²) in [4.78, 5) is 10.1. The zero-order chi connectivity index (χ0) is 11.3. The van der Waals surface area contributed by atoms with Gasteiger partial charge in [-0.15, -0.1) is 0 Å². The van der Waals surface area contributed by atoms with Crippen LogP contribution in [0.4, 0.5) is 0 Å². The van der Waals surface area contributed by atoms with E-state index in [-0.39, 0.29) is 0 Å². The van der Waals surface area contributed by atoms with Crippen LogP contribution in [0, 0.1) is 0 Å². The second-order valence-corrected chi connectivity index (χ2v) is 3.69. The molecule has 0 unspecified atom stereocenters. The van der Waals surface area contributed by atoms with Gasteiger partial charge in [-0.3, -0.25) is 0 Å². The number of rotatable bonds is 3. The molecule has 0 saturated carbocycles. The maximum Gasteiger partial charge on any atom is 0.126 e. The summed E-state index contributed by atoms with van der Waals surface area (Å²) < 4.78 is 5.31. The minimum Gasteiger partial charge on any atom is -0.381 e. The van der Waals surface area contributed by atoms with E-state index in [1.54, 1.807) is 0 Å². The summed E-state index contributed by atoms with van der Waals surface area (Å²) in [5.41, 5.74) is 0. The van der Waals surface area contributed by atoms with Gasteiger partial charge in [0.15, 0.2) is 0 Å². The molecule has 15 heavy (non-hydrogen) atoms. The molecule has 0 N–H and O–H groups in total. The van der Waals surface area contributed by atoms with E-state index in [4.69, 9.17) is 4.74 Å². The molecule has 1 aliphatic rings. The van der Waals surface area contributed by atoms with Crippen LogP contribution >= 0.6 is 0 Å². The SMILES string of the molecule is C=NC(C)=NC(=C)N(C)C1CCOCC1. The number of ether oxygens (including phenoxy) is 1. The highest BCUT2D eigenvalue weighted by molar-refractivity contribution is 5.84. The lowest BCUT2D eigenvalue weighted by Gasteiger charge is -2.32. The number of amidine groups is 1. The van der Waals surface area contributed by atoms with Crippen LogP contribution in [-0.4, -0.2) is 43.8 Å². The molecule has 0 aromatic carbocycles. The maximum atomic E-state index is 5.31. The Morgan fingerprint density at radius 2 is 2.00 bits per heavy atom. The Bertz CT molecular complexity index is 267. The summed E-state index contributed by atoms with van der Waals surface area (Å²) >= 11 is 0. The van der Waals surface area contributed by atoms with Gasteiger partial charge in [-0.2, -0.15) is 0 Å². The summed E-state index contributed by atoms with van der Waals surface area (Å²) in [5, 5.41) is 0. The van der Waals surface area contributed by atoms with Gasteiger partial charge in [-0.1, -0.05) is 6.58 Å². The van der Waals surface area contributed by atoms with E-state index in [9.17, 15) is 0 Å². The molecule has 0 spiro atoms. The fraction of sp³-hybridized carbons (Fsp3) is 0.636. The van der Waals surface area contributed by atoms with E-state index in [1.165, 1.54) is 0 Å². The normalized spacial score (nSPS) is 18.7. The Morgan fingerprint density at radius 1 is 1.40 bits per heavy atom. The highest BCUT2D eigenvalue weighted by Crippen LogP contribution is 2.16. The summed E-state index contributed by atoms with van der Waals surface area (Å²) in [6.07, 6.45) is 2.07. The van der Waals surface area contributed by atoms with Crippen LogP contribution in [0.5, 0.6) is 0 Å². The van der Waals surface area contributed by atoms with Crippen LogP contribution in [0.25, 0.3) is 0 Å². The molecule has 0 atom stereocenters. The lowest BCUT2D eigenvalue weighted by molar-refractivity contribution is 0.0525. The first-order valence-corrected chi connectivity index (χ1v) is 5.16. The van der Waals surface area contributed by atoms with Crippen LogP contribution in [0.3, 0.4) is 0 Å². The largest absolute Gasteiger partial charge is 0.381 e. The van der Waals surface area contributed by atoms with E-state index in [2.05, 4.69) is 28.2 Å². The molecule has 1 heterocycles. The predicted molar refractivity (Wildman–Crippen MR) is 63.4 cm³/mol. The Labute approximate surface area is 91.4 Å². The third-order valence-corrected chi connectivity index (χ3v) is 2.67. The molecule has 0 amide bonds. The molecule has 4 heteroatoms. The Morgan fingerprint density at radius 3 is 2.53 bits per heavy atom. The number of aliphatic imine (C=N–C) groups is 2. The molecule has 0 aromatic rings. The van der Waals surface area contributed by atoms with E-state index in [0.717, 1.165) is 31.9 Å². The quantitative estimate of drug-likeness (QED) is 0.524. The van der Waals surface area contributed by atoms with Crippen LogP contribution in [0.15, 0.2) is 22.4 Å². The predicted octanol–water partition coefficient (Wildman–Crippen LogP) is 1.69. The first kappa shape index (κ1) is 11.9. The number of hydrogen-bond donors (Lipinski definition) is 0. The molecule has 0 radical (unpaired) electrons. The summed E-state index contributed by atoms with van der Waals surface area (Å²) in [6.45, 7) is 10.8. The molecule has 1 aliphatic heterocycles. The van der Waals surface area contributed by atoms with Crippen molar-refractivity contribution < 1.29 is 4.74 Å². The molecule has 1 fully saturated rings. The molecule has 0 aromatic heterocycles. The number of hydrogen-bond acceptors (Lipinski definition) is 3. The average Bonchev–Trinajstić information content (AvgIpc) is 2.29. The van der Waals surface area contributed by atoms with Gasteiger partial charge in [0.25, 0.3) is 0 Å². The highest BCUT2D eigenvalue weighted by Gasteiger charge is 2.19.